The smallest absolute Gasteiger partial charge is 0.221 e. The van der Waals surface area contributed by atoms with Crippen molar-refractivity contribution in [2.75, 3.05) is 0 Å². The standard InChI is InChI=1S/C39H30N6O/c1-39(2,3)25-19-21-40-36(22-25)44-32-14-6-4-12-29(32)30-18-17-28(24-35(30)44)46-27-11-8-10-26(23-27)43-37-34(16-9-20-41-37)45-33-15-7-5-13-31(33)42-38(43)45/h4-24H,1-3H3. The normalized spacial score (nSPS) is 12.2. The number of hydrogen-bond donors (Lipinski definition) is 0. The number of para-hydroxylation sites is 3. The van der Waals surface area contributed by atoms with Gasteiger partial charge in [-0.25, -0.2) is 15.0 Å². The average molecular weight is 599 g/mol. The monoisotopic (exact) mass is 598 g/mol. The Morgan fingerprint density at radius 1 is 0.587 bits per heavy atom. The number of fused-ring (bicyclic) bond motifs is 8. The molecule has 4 aromatic carbocycles. The summed E-state index contributed by atoms with van der Waals surface area (Å²) in [4.78, 5) is 14.6. The molecule has 0 amide bonds. The summed E-state index contributed by atoms with van der Waals surface area (Å²) in [7, 11) is 0. The van der Waals surface area contributed by atoms with Gasteiger partial charge in [0.25, 0.3) is 0 Å². The van der Waals surface area contributed by atoms with Gasteiger partial charge in [0.2, 0.25) is 5.78 Å². The molecule has 0 aliphatic carbocycles. The van der Waals surface area contributed by atoms with Gasteiger partial charge < -0.3 is 4.74 Å². The summed E-state index contributed by atoms with van der Waals surface area (Å²) in [6.07, 6.45) is 3.73. The molecule has 0 N–H and O–H groups in total. The molecule has 0 aliphatic heterocycles. The van der Waals surface area contributed by atoms with Gasteiger partial charge in [0.15, 0.2) is 5.65 Å². The van der Waals surface area contributed by atoms with E-state index in [1.165, 1.54) is 10.9 Å². The molecule has 46 heavy (non-hydrogen) atoms. The maximum atomic E-state index is 6.58. The molecule has 5 heterocycles. The minimum Gasteiger partial charge on any atom is -0.457 e. The van der Waals surface area contributed by atoms with Crippen LogP contribution in [-0.4, -0.2) is 28.5 Å². The van der Waals surface area contributed by atoms with Gasteiger partial charge in [0.1, 0.15) is 17.3 Å². The lowest BCUT2D eigenvalue weighted by Gasteiger charge is -2.20. The highest BCUT2D eigenvalue weighted by molar-refractivity contribution is 6.09. The zero-order chi connectivity index (χ0) is 31.0. The van der Waals surface area contributed by atoms with Crippen LogP contribution in [0.15, 0.2) is 128 Å². The number of pyridine rings is 2. The molecule has 0 saturated heterocycles. The number of imidazole rings is 2. The molecular formula is C39H30N6O. The zero-order valence-electron chi connectivity index (χ0n) is 25.7. The molecule has 0 spiro atoms. The first-order chi connectivity index (χ1) is 22.4. The Morgan fingerprint density at radius 2 is 1.37 bits per heavy atom. The molecule has 0 bridgehead atoms. The number of benzene rings is 4. The van der Waals surface area contributed by atoms with Crippen molar-refractivity contribution in [1.29, 1.82) is 0 Å². The molecule has 0 atom stereocenters. The van der Waals surface area contributed by atoms with Crippen molar-refractivity contribution in [2.24, 2.45) is 0 Å². The molecule has 7 heteroatoms. The van der Waals surface area contributed by atoms with Gasteiger partial charge in [0, 0.05) is 35.3 Å². The SMILES string of the molecule is CC(C)(C)c1ccnc(-n2c3ccccc3c3ccc(Oc4cccc(-n5c6ncccc6n6c7ccccc7nc56)c4)cc32)c1. The fourth-order valence-corrected chi connectivity index (χ4v) is 6.56. The van der Waals surface area contributed by atoms with E-state index in [0.29, 0.717) is 0 Å². The zero-order valence-corrected chi connectivity index (χ0v) is 25.7. The van der Waals surface area contributed by atoms with Crippen molar-refractivity contribution in [1.82, 2.24) is 28.5 Å². The van der Waals surface area contributed by atoms with Crippen LogP contribution in [0, 0.1) is 0 Å². The predicted octanol–water partition coefficient (Wildman–Crippen LogP) is 9.41. The van der Waals surface area contributed by atoms with Gasteiger partial charge >= 0.3 is 0 Å². The van der Waals surface area contributed by atoms with E-state index < -0.39 is 0 Å². The summed E-state index contributed by atoms with van der Waals surface area (Å²) < 4.78 is 13.1. The first-order valence-corrected chi connectivity index (χ1v) is 15.5. The van der Waals surface area contributed by atoms with E-state index in [1.54, 1.807) is 0 Å². The third-order valence-corrected chi connectivity index (χ3v) is 8.76. The Kier molecular flexibility index (Phi) is 5.62. The minimum absolute atomic E-state index is 0.00496. The highest BCUT2D eigenvalue weighted by atomic mass is 16.5. The van der Waals surface area contributed by atoms with Crippen LogP contribution in [0.4, 0.5) is 0 Å². The molecular weight excluding hydrogens is 568 g/mol. The topological polar surface area (TPSA) is 62.2 Å². The van der Waals surface area contributed by atoms with Crippen LogP contribution in [0.3, 0.4) is 0 Å². The molecule has 0 aliphatic rings. The third-order valence-electron chi connectivity index (χ3n) is 8.76. The lowest BCUT2D eigenvalue weighted by Crippen LogP contribution is -2.12. The number of aromatic nitrogens is 6. The van der Waals surface area contributed by atoms with Crippen molar-refractivity contribution in [3.05, 3.63) is 133 Å². The van der Waals surface area contributed by atoms with E-state index in [9.17, 15) is 0 Å². The van der Waals surface area contributed by atoms with Crippen LogP contribution in [0.1, 0.15) is 26.3 Å². The van der Waals surface area contributed by atoms with Crippen LogP contribution in [0.2, 0.25) is 0 Å². The van der Waals surface area contributed by atoms with Crippen molar-refractivity contribution in [3.8, 4) is 23.0 Å². The van der Waals surface area contributed by atoms with Crippen LogP contribution in [0.25, 0.3) is 61.3 Å². The van der Waals surface area contributed by atoms with Gasteiger partial charge in [-0.05, 0) is 77.7 Å². The third kappa shape index (κ3) is 4.02. The molecule has 0 saturated carbocycles. The first-order valence-electron chi connectivity index (χ1n) is 15.5. The maximum Gasteiger partial charge on any atom is 0.221 e. The van der Waals surface area contributed by atoms with E-state index in [2.05, 4.69) is 101 Å². The lowest BCUT2D eigenvalue weighted by atomic mass is 9.88. The fraction of sp³-hybridized carbons (Fsp3) is 0.103. The lowest BCUT2D eigenvalue weighted by molar-refractivity contribution is 0.483. The van der Waals surface area contributed by atoms with Gasteiger partial charge in [-0.1, -0.05) is 57.2 Å². The van der Waals surface area contributed by atoms with Crippen LogP contribution < -0.4 is 4.74 Å². The molecule has 7 nitrogen and oxygen atoms in total. The highest BCUT2D eigenvalue weighted by Crippen LogP contribution is 2.36. The Morgan fingerprint density at radius 3 is 2.26 bits per heavy atom. The van der Waals surface area contributed by atoms with E-state index in [1.807, 2.05) is 60.9 Å². The van der Waals surface area contributed by atoms with E-state index in [0.717, 1.165) is 67.4 Å². The van der Waals surface area contributed by atoms with Crippen molar-refractivity contribution >= 4 is 49.8 Å². The van der Waals surface area contributed by atoms with Gasteiger partial charge in [0.05, 0.1) is 33.3 Å². The van der Waals surface area contributed by atoms with E-state index in [-0.39, 0.29) is 5.41 Å². The second kappa shape index (κ2) is 9.78. The Balaban J connectivity index is 1.17. The summed E-state index contributed by atoms with van der Waals surface area (Å²) in [6.45, 7) is 6.68. The molecule has 9 rings (SSSR count). The second-order valence-corrected chi connectivity index (χ2v) is 12.7. The highest BCUT2D eigenvalue weighted by Gasteiger charge is 2.20. The predicted molar refractivity (Wildman–Crippen MR) is 185 cm³/mol. The number of hydrogen-bond acceptors (Lipinski definition) is 4. The van der Waals surface area contributed by atoms with E-state index in [4.69, 9.17) is 19.7 Å². The molecule has 9 aromatic rings. The Labute approximate surface area is 265 Å². The summed E-state index contributed by atoms with van der Waals surface area (Å²) in [5.74, 6) is 3.16. The summed E-state index contributed by atoms with van der Waals surface area (Å²) in [5, 5.41) is 2.33. The molecule has 0 fully saturated rings. The van der Waals surface area contributed by atoms with Gasteiger partial charge in [-0.15, -0.1) is 0 Å². The van der Waals surface area contributed by atoms with Crippen molar-refractivity contribution in [3.63, 3.8) is 0 Å². The first kappa shape index (κ1) is 26.5. The number of ether oxygens (including phenoxy) is 1. The molecule has 222 valence electrons. The van der Waals surface area contributed by atoms with Crippen molar-refractivity contribution < 1.29 is 4.74 Å². The second-order valence-electron chi connectivity index (χ2n) is 12.7. The number of rotatable bonds is 4. The number of nitrogens with zero attached hydrogens (tertiary/aromatic N) is 6. The molecule has 5 aromatic heterocycles. The Hall–Kier alpha value is -5.95. The summed E-state index contributed by atoms with van der Waals surface area (Å²) >= 11 is 0. The Bertz CT molecular complexity index is 2620. The minimum atomic E-state index is 0.00496. The summed E-state index contributed by atoms with van der Waals surface area (Å²) in [6, 6.07) is 39.4. The van der Waals surface area contributed by atoms with Gasteiger partial charge in [-0.3, -0.25) is 13.5 Å². The average Bonchev–Trinajstić information content (AvgIpc) is 3.71. The largest absolute Gasteiger partial charge is 0.457 e. The van der Waals surface area contributed by atoms with Crippen LogP contribution in [-0.2, 0) is 5.41 Å². The quantitative estimate of drug-likeness (QED) is 0.202. The van der Waals surface area contributed by atoms with Gasteiger partial charge in [-0.2, -0.15) is 0 Å². The van der Waals surface area contributed by atoms with Crippen LogP contribution in [0.5, 0.6) is 11.5 Å². The molecule has 0 unspecified atom stereocenters. The van der Waals surface area contributed by atoms with Crippen molar-refractivity contribution in [2.45, 2.75) is 26.2 Å². The fourth-order valence-electron chi connectivity index (χ4n) is 6.56. The van der Waals surface area contributed by atoms with E-state index >= 15 is 0 Å². The molecule has 0 radical (unpaired) electrons. The maximum absolute atomic E-state index is 6.58. The summed E-state index contributed by atoms with van der Waals surface area (Å²) in [5.41, 5.74) is 8.14. The van der Waals surface area contributed by atoms with Crippen LogP contribution >= 0.6 is 0 Å².